The van der Waals surface area contributed by atoms with E-state index in [0.29, 0.717) is 0 Å². The predicted molar refractivity (Wildman–Crippen MR) is 84.9 cm³/mol. The van der Waals surface area contributed by atoms with Crippen molar-refractivity contribution in [3.8, 4) is 0 Å². The second-order valence-corrected chi connectivity index (χ2v) is 6.61. The highest BCUT2D eigenvalue weighted by Crippen LogP contribution is 2.20. The van der Waals surface area contributed by atoms with E-state index in [4.69, 9.17) is 0 Å². The molecule has 0 N–H and O–H groups in total. The molecular weight excluding hydrogens is 216 g/mol. The zero-order valence-electron chi connectivity index (χ0n) is 13.5. The molecular formula is C18H36. The van der Waals surface area contributed by atoms with E-state index in [9.17, 15) is 0 Å². The Morgan fingerprint density at radius 1 is 0.722 bits per heavy atom. The van der Waals surface area contributed by atoms with Gasteiger partial charge in [-0.25, -0.2) is 0 Å². The van der Waals surface area contributed by atoms with Gasteiger partial charge in [0.1, 0.15) is 0 Å². The Bertz CT molecular complexity index is 190. The molecule has 0 heterocycles. The summed E-state index contributed by atoms with van der Waals surface area (Å²) in [5, 5.41) is 0. The Hall–Kier alpha value is -0.260. The minimum Gasteiger partial charge on any atom is -0.0917 e. The molecule has 18 heavy (non-hydrogen) atoms. The van der Waals surface area contributed by atoms with Crippen LogP contribution in [0.25, 0.3) is 0 Å². The summed E-state index contributed by atoms with van der Waals surface area (Å²) in [6, 6.07) is 0. The van der Waals surface area contributed by atoms with Crippen LogP contribution in [-0.2, 0) is 0 Å². The molecule has 0 rings (SSSR count). The third-order valence-electron chi connectivity index (χ3n) is 3.93. The SMILES string of the molecule is CC=CCCC(C)CCCC(C)CCCC(C)C. The summed E-state index contributed by atoms with van der Waals surface area (Å²) >= 11 is 0. The van der Waals surface area contributed by atoms with Crippen LogP contribution in [0.5, 0.6) is 0 Å². The van der Waals surface area contributed by atoms with Crippen LogP contribution in [0.3, 0.4) is 0 Å². The van der Waals surface area contributed by atoms with E-state index in [0.717, 1.165) is 17.8 Å². The van der Waals surface area contributed by atoms with Crippen molar-refractivity contribution < 1.29 is 0 Å². The first-order chi connectivity index (χ1) is 8.56. The smallest absolute Gasteiger partial charge is 0.0348 e. The van der Waals surface area contributed by atoms with Crippen LogP contribution in [0.15, 0.2) is 12.2 Å². The maximum Gasteiger partial charge on any atom is -0.0348 e. The van der Waals surface area contributed by atoms with Gasteiger partial charge >= 0.3 is 0 Å². The zero-order chi connectivity index (χ0) is 13.8. The molecule has 2 atom stereocenters. The maximum atomic E-state index is 2.44. The number of rotatable bonds is 11. The zero-order valence-corrected chi connectivity index (χ0v) is 13.5. The maximum absolute atomic E-state index is 2.44. The van der Waals surface area contributed by atoms with Crippen LogP contribution >= 0.6 is 0 Å². The van der Waals surface area contributed by atoms with Gasteiger partial charge in [0.15, 0.2) is 0 Å². The molecule has 0 bridgehead atoms. The minimum atomic E-state index is 0.879. The molecule has 0 spiro atoms. The van der Waals surface area contributed by atoms with E-state index >= 15 is 0 Å². The monoisotopic (exact) mass is 252 g/mol. The summed E-state index contributed by atoms with van der Waals surface area (Å²) in [5.41, 5.74) is 0. The van der Waals surface area contributed by atoms with Crippen molar-refractivity contribution >= 4 is 0 Å². The highest BCUT2D eigenvalue weighted by Gasteiger charge is 2.05. The molecule has 0 aromatic carbocycles. The second-order valence-electron chi connectivity index (χ2n) is 6.61. The Labute approximate surface area is 116 Å². The van der Waals surface area contributed by atoms with E-state index in [1.807, 2.05) is 0 Å². The van der Waals surface area contributed by atoms with E-state index in [2.05, 4.69) is 46.8 Å². The molecule has 0 saturated carbocycles. The number of allylic oxidation sites excluding steroid dienone is 2. The highest BCUT2D eigenvalue weighted by atomic mass is 14.1. The molecule has 2 unspecified atom stereocenters. The van der Waals surface area contributed by atoms with Gasteiger partial charge < -0.3 is 0 Å². The molecule has 0 aliphatic rings. The standard InChI is InChI=1S/C18H36/c1-6-7-8-12-17(4)14-10-15-18(5)13-9-11-16(2)3/h6-7,16-18H,8-15H2,1-5H3. The fraction of sp³-hybridized carbons (Fsp3) is 0.889. The molecule has 0 aliphatic carbocycles. The van der Waals surface area contributed by atoms with Gasteiger partial charge in [0.25, 0.3) is 0 Å². The van der Waals surface area contributed by atoms with E-state index in [1.54, 1.807) is 0 Å². The van der Waals surface area contributed by atoms with Crippen molar-refractivity contribution in [3.05, 3.63) is 12.2 Å². The molecule has 0 amide bonds. The fourth-order valence-corrected chi connectivity index (χ4v) is 2.53. The first-order valence-electron chi connectivity index (χ1n) is 8.17. The highest BCUT2D eigenvalue weighted by molar-refractivity contribution is 4.77. The molecule has 0 fully saturated rings. The van der Waals surface area contributed by atoms with Crippen LogP contribution in [0.4, 0.5) is 0 Å². The van der Waals surface area contributed by atoms with E-state index in [1.165, 1.54) is 51.4 Å². The van der Waals surface area contributed by atoms with Gasteiger partial charge in [-0.2, -0.15) is 0 Å². The van der Waals surface area contributed by atoms with Crippen molar-refractivity contribution in [1.29, 1.82) is 0 Å². The lowest BCUT2D eigenvalue weighted by atomic mass is 9.92. The van der Waals surface area contributed by atoms with Gasteiger partial charge in [0, 0.05) is 0 Å². The first-order valence-corrected chi connectivity index (χ1v) is 8.17. The van der Waals surface area contributed by atoms with Crippen LogP contribution in [0.2, 0.25) is 0 Å². The minimum absolute atomic E-state index is 0.879. The van der Waals surface area contributed by atoms with Gasteiger partial charge in [0.05, 0.1) is 0 Å². The Kier molecular flexibility index (Phi) is 11.6. The van der Waals surface area contributed by atoms with Crippen molar-refractivity contribution in [2.75, 3.05) is 0 Å². The van der Waals surface area contributed by atoms with Crippen molar-refractivity contribution in [3.63, 3.8) is 0 Å². The third kappa shape index (κ3) is 12.2. The quantitative estimate of drug-likeness (QED) is 0.363. The average Bonchev–Trinajstić information content (AvgIpc) is 2.29. The normalized spacial score (nSPS) is 15.4. The van der Waals surface area contributed by atoms with E-state index in [-0.39, 0.29) is 0 Å². The van der Waals surface area contributed by atoms with Crippen LogP contribution in [-0.4, -0.2) is 0 Å². The van der Waals surface area contributed by atoms with Crippen LogP contribution in [0.1, 0.15) is 86.0 Å². The Balaban J connectivity index is 3.40. The van der Waals surface area contributed by atoms with Crippen molar-refractivity contribution in [1.82, 2.24) is 0 Å². The van der Waals surface area contributed by atoms with Gasteiger partial charge in [-0.15, -0.1) is 0 Å². The topological polar surface area (TPSA) is 0 Å². The lowest BCUT2D eigenvalue weighted by molar-refractivity contribution is 0.393. The lowest BCUT2D eigenvalue weighted by Gasteiger charge is -2.14. The summed E-state index contributed by atoms with van der Waals surface area (Å²) in [6.45, 7) is 11.6. The molecule has 0 aromatic heterocycles. The summed E-state index contributed by atoms with van der Waals surface area (Å²) < 4.78 is 0. The van der Waals surface area contributed by atoms with Gasteiger partial charge in [0.2, 0.25) is 0 Å². The fourth-order valence-electron chi connectivity index (χ4n) is 2.53. The van der Waals surface area contributed by atoms with Gasteiger partial charge in [-0.05, 0) is 37.5 Å². The van der Waals surface area contributed by atoms with E-state index < -0.39 is 0 Å². The van der Waals surface area contributed by atoms with Gasteiger partial charge in [-0.1, -0.05) is 78.4 Å². The first kappa shape index (κ1) is 17.7. The lowest BCUT2D eigenvalue weighted by Crippen LogP contribution is -1.99. The van der Waals surface area contributed by atoms with Crippen LogP contribution in [0, 0.1) is 17.8 Å². The molecule has 0 nitrogen and oxygen atoms in total. The Morgan fingerprint density at radius 3 is 1.72 bits per heavy atom. The predicted octanol–water partition coefficient (Wildman–Crippen LogP) is 6.61. The molecule has 0 radical (unpaired) electrons. The number of hydrogen-bond acceptors (Lipinski definition) is 0. The molecule has 0 aliphatic heterocycles. The number of hydrogen-bond donors (Lipinski definition) is 0. The second kappa shape index (κ2) is 11.8. The molecule has 0 aromatic rings. The van der Waals surface area contributed by atoms with Crippen molar-refractivity contribution in [2.45, 2.75) is 86.0 Å². The van der Waals surface area contributed by atoms with Crippen molar-refractivity contribution in [2.24, 2.45) is 17.8 Å². The Morgan fingerprint density at radius 2 is 1.22 bits per heavy atom. The molecule has 0 saturated heterocycles. The molecule has 0 heteroatoms. The summed E-state index contributed by atoms with van der Waals surface area (Å²) in [7, 11) is 0. The summed E-state index contributed by atoms with van der Waals surface area (Å²) in [4.78, 5) is 0. The summed E-state index contributed by atoms with van der Waals surface area (Å²) in [5.74, 6) is 2.72. The van der Waals surface area contributed by atoms with Gasteiger partial charge in [-0.3, -0.25) is 0 Å². The summed E-state index contributed by atoms with van der Waals surface area (Å²) in [6.07, 6.45) is 15.7. The average molecular weight is 252 g/mol. The van der Waals surface area contributed by atoms with Crippen LogP contribution < -0.4 is 0 Å². The largest absolute Gasteiger partial charge is 0.0917 e. The molecule has 108 valence electrons. The third-order valence-corrected chi connectivity index (χ3v) is 3.93.